The number of fused-ring (bicyclic) bond motifs is 6. The first-order valence-electron chi connectivity index (χ1n) is 37.0. The molecule has 6 atom stereocenters. The van der Waals surface area contributed by atoms with Gasteiger partial charge in [0.15, 0.2) is 0 Å². The second kappa shape index (κ2) is 33.6. The van der Waals surface area contributed by atoms with Crippen molar-refractivity contribution in [3.05, 3.63) is 253 Å². The van der Waals surface area contributed by atoms with Crippen molar-refractivity contribution < 1.29 is 93.9 Å². The van der Waals surface area contributed by atoms with Crippen LogP contribution in [0.2, 0.25) is 0 Å². The number of carbonyl (C=O) groups excluding carboxylic acids is 3. The Kier molecular flexibility index (Phi) is 22.8. The van der Waals surface area contributed by atoms with Crippen LogP contribution in [-0.4, -0.2) is 85.5 Å². The van der Waals surface area contributed by atoms with E-state index in [1.807, 2.05) is 115 Å². The Morgan fingerprint density at radius 1 is 0.413 bits per heavy atom. The highest BCUT2D eigenvalue weighted by atomic mass is 79.9. The van der Waals surface area contributed by atoms with Gasteiger partial charge in [-0.1, -0.05) is 64.5 Å². The van der Waals surface area contributed by atoms with E-state index in [4.69, 9.17) is 66.3 Å². The lowest BCUT2D eigenvalue weighted by Crippen LogP contribution is -2.13. The molecular weight excluding hydrogens is 1470 g/mol. The van der Waals surface area contributed by atoms with E-state index in [2.05, 4.69) is 34.1 Å². The molecule has 0 bridgehead atoms. The molecular formula is C88H82BrF3O17. The number of methoxy groups -OCH3 is 3. The zero-order valence-corrected chi connectivity index (χ0v) is 62.2. The molecule has 17 nitrogen and oxygen atoms in total. The minimum absolute atomic E-state index is 0.0375. The molecule has 5 heterocycles. The molecule has 1 saturated heterocycles. The van der Waals surface area contributed by atoms with Crippen molar-refractivity contribution in [3.63, 3.8) is 0 Å². The second-order valence-corrected chi connectivity index (χ2v) is 28.9. The number of esters is 3. The summed E-state index contributed by atoms with van der Waals surface area (Å²) in [5.74, 6) is 6.66. The SMILES string of the molecule is COC(=O)C[C@@H]1COc2cc(O[C@@H]3CCc4c(Oc5ccc(Br)cc5)ccc(F)c43)ccc21.COC(=O)C[C@@H]1COc2cc(O[C@@H]3CCc4c(Oc5ccc(C6=CCOCC6)cc5)ccc(F)c43)ccc21.COC(=O)C[C@@H]1COc2cc(O[C@@H]3CCc4c(Oc5ccc(C6CCOCC6)cc5)ccc(F)c43)ccc21. The van der Waals surface area contributed by atoms with Crippen LogP contribution >= 0.6 is 15.9 Å². The largest absolute Gasteiger partial charge is 0.492 e. The van der Waals surface area contributed by atoms with Crippen molar-refractivity contribution in [1.29, 1.82) is 0 Å². The smallest absolute Gasteiger partial charge is 0.306 e. The van der Waals surface area contributed by atoms with Gasteiger partial charge in [-0.25, -0.2) is 13.2 Å². The summed E-state index contributed by atoms with van der Waals surface area (Å²) in [7, 11) is 4.14. The third kappa shape index (κ3) is 16.9. The van der Waals surface area contributed by atoms with Crippen LogP contribution in [0.1, 0.15) is 161 Å². The van der Waals surface area contributed by atoms with Gasteiger partial charge in [-0.15, -0.1) is 0 Å². The van der Waals surface area contributed by atoms with Crippen molar-refractivity contribution in [2.75, 3.05) is 67.6 Å². The number of benzene rings is 9. The maximum absolute atomic E-state index is 15.0. The predicted molar refractivity (Wildman–Crippen MR) is 402 cm³/mol. The van der Waals surface area contributed by atoms with Gasteiger partial charge in [0.25, 0.3) is 0 Å². The van der Waals surface area contributed by atoms with Gasteiger partial charge in [-0.2, -0.15) is 0 Å². The summed E-state index contributed by atoms with van der Waals surface area (Å²) < 4.78 is 126. The average Bonchev–Trinajstić information content (AvgIpc) is 1.65. The van der Waals surface area contributed by atoms with E-state index in [1.165, 1.54) is 50.7 Å². The Morgan fingerprint density at radius 2 is 0.780 bits per heavy atom. The molecule has 5 aliphatic heterocycles. The van der Waals surface area contributed by atoms with Gasteiger partial charge in [0.1, 0.15) is 105 Å². The van der Waals surface area contributed by atoms with Gasteiger partial charge in [0, 0.05) is 104 Å². The molecule has 564 valence electrons. The van der Waals surface area contributed by atoms with Crippen LogP contribution in [0.4, 0.5) is 13.2 Å². The van der Waals surface area contributed by atoms with E-state index in [0.717, 1.165) is 88.2 Å². The highest BCUT2D eigenvalue weighted by Gasteiger charge is 2.37. The summed E-state index contributed by atoms with van der Waals surface area (Å²) >= 11 is 3.41. The maximum Gasteiger partial charge on any atom is 0.306 e. The van der Waals surface area contributed by atoms with Gasteiger partial charge in [-0.05, 0) is 184 Å². The van der Waals surface area contributed by atoms with E-state index >= 15 is 8.78 Å². The van der Waals surface area contributed by atoms with Crippen LogP contribution < -0.4 is 42.6 Å². The van der Waals surface area contributed by atoms with E-state index in [9.17, 15) is 18.8 Å². The second-order valence-electron chi connectivity index (χ2n) is 28.0. The molecule has 0 N–H and O–H groups in total. The Morgan fingerprint density at radius 3 is 1.15 bits per heavy atom. The molecule has 17 rings (SSSR count). The van der Waals surface area contributed by atoms with E-state index in [-0.39, 0.29) is 72.4 Å². The van der Waals surface area contributed by atoms with E-state index in [1.54, 1.807) is 18.2 Å². The molecule has 9 aromatic carbocycles. The number of halogens is 4. The standard InChI is InChI=1S/C31H31FO6.C31H29FO6.C26H22BrFO5/c2*1-34-30(33)16-21-18-36-29-17-23(6-7-24(21)29)38-28-10-8-25-27(11-9-26(32)31(25)28)37-22-4-2-19(3-5-22)20-12-14-35-15-13-20;1-30-25(29)12-15-14-31-24-13-18(6-7-19(15)24)33-23-10-8-20-22(11-9-21(28)26(20)23)32-17-4-2-16(27)3-5-17/h2-7,9,11,17,20-21,28H,8,10,12-16,18H2,1H3;2-7,9,11-12,17,21,28H,8,10,13-16,18H2,1H3;2-7,9,11,13,15,23H,8,10,12,14H2,1H3/t2*21-,28-;15-,23-/m111/s1. The summed E-state index contributed by atoms with van der Waals surface area (Å²) in [6.07, 6.45) is 8.55. The average molecular weight is 1550 g/mol. The monoisotopic (exact) mass is 1550 g/mol. The summed E-state index contributed by atoms with van der Waals surface area (Å²) in [4.78, 5) is 35.0. The third-order valence-corrected chi connectivity index (χ3v) is 21.9. The lowest BCUT2D eigenvalue weighted by atomic mass is 9.92. The normalized spacial score (nSPS) is 19.5. The Labute approximate surface area is 638 Å². The maximum atomic E-state index is 15.0. The fourth-order valence-corrected chi connectivity index (χ4v) is 15.9. The highest BCUT2D eigenvalue weighted by Crippen LogP contribution is 2.50. The number of ether oxygens (including phenoxy) is 14. The Bertz CT molecular complexity index is 4850. The minimum Gasteiger partial charge on any atom is -0.492 e. The van der Waals surface area contributed by atoms with Crippen LogP contribution in [0.3, 0.4) is 0 Å². The molecule has 109 heavy (non-hydrogen) atoms. The highest BCUT2D eigenvalue weighted by molar-refractivity contribution is 9.10. The lowest BCUT2D eigenvalue weighted by molar-refractivity contribution is -0.142. The fraction of sp³-hybridized carbons (Fsp3) is 0.330. The van der Waals surface area contributed by atoms with Crippen LogP contribution in [0.25, 0.3) is 5.57 Å². The number of rotatable bonds is 20. The molecule has 21 heteroatoms. The van der Waals surface area contributed by atoms with Crippen LogP contribution in [0.15, 0.2) is 174 Å². The van der Waals surface area contributed by atoms with Gasteiger partial charge in [0.05, 0.1) is 73.6 Å². The fourth-order valence-electron chi connectivity index (χ4n) is 15.7. The van der Waals surface area contributed by atoms with Crippen LogP contribution in [-0.2, 0) is 57.3 Å². The first-order chi connectivity index (χ1) is 53.2. The zero-order valence-electron chi connectivity index (χ0n) is 60.6. The number of hydrogen-bond donors (Lipinski definition) is 0. The molecule has 0 unspecified atom stereocenters. The molecule has 0 saturated carbocycles. The summed E-state index contributed by atoms with van der Waals surface area (Å²) in [6.45, 7) is 4.26. The first-order valence-corrected chi connectivity index (χ1v) is 37.8. The molecule has 3 aliphatic carbocycles. The van der Waals surface area contributed by atoms with E-state index in [0.29, 0.717) is 151 Å². The van der Waals surface area contributed by atoms with Gasteiger partial charge in [0.2, 0.25) is 0 Å². The quantitative estimate of drug-likeness (QED) is 0.0519. The summed E-state index contributed by atoms with van der Waals surface area (Å²) in [5.41, 5.74) is 10.7. The molecule has 9 aromatic rings. The minimum atomic E-state index is -0.429. The van der Waals surface area contributed by atoms with Crippen molar-refractivity contribution >= 4 is 39.4 Å². The molecule has 0 aromatic heterocycles. The lowest BCUT2D eigenvalue weighted by Gasteiger charge is -2.22. The van der Waals surface area contributed by atoms with Crippen molar-refractivity contribution in [1.82, 2.24) is 0 Å². The van der Waals surface area contributed by atoms with Crippen molar-refractivity contribution in [2.24, 2.45) is 0 Å². The Hall–Kier alpha value is -10.5. The van der Waals surface area contributed by atoms with Gasteiger partial charge in [-0.3, -0.25) is 14.4 Å². The predicted octanol–water partition coefficient (Wildman–Crippen LogP) is 19.6. The summed E-state index contributed by atoms with van der Waals surface area (Å²) in [6, 6.07) is 49.9. The zero-order chi connectivity index (χ0) is 75.1. The molecule has 1 fully saturated rings. The Balaban J connectivity index is 0.000000131. The van der Waals surface area contributed by atoms with Crippen molar-refractivity contribution in [2.45, 2.75) is 119 Å². The number of hydrogen-bond acceptors (Lipinski definition) is 17. The van der Waals surface area contributed by atoms with E-state index < -0.39 is 18.3 Å². The first kappa shape index (κ1) is 74.0. The topological polar surface area (TPSA) is 180 Å². The van der Waals surface area contributed by atoms with Crippen LogP contribution in [0.5, 0.6) is 69.0 Å². The van der Waals surface area contributed by atoms with Crippen LogP contribution in [0, 0.1) is 17.5 Å². The third-order valence-electron chi connectivity index (χ3n) is 21.3. The molecule has 0 radical (unpaired) electrons. The number of carbonyl (C=O) groups is 3. The molecule has 0 amide bonds. The van der Waals surface area contributed by atoms with Crippen molar-refractivity contribution in [3.8, 4) is 69.0 Å². The summed E-state index contributed by atoms with van der Waals surface area (Å²) in [5, 5.41) is 0. The van der Waals surface area contributed by atoms with Gasteiger partial charge < -0.3 is 66.3 Å². The van der Waals surface area contributed by atoms with Gasteiger partial charge >= 0.3 is 17.9 Å². The molecule has 8 aliphatic rings. The molecule has 0 spiro atoms.